The number of likely N-dealkylation sites (tertiary alicyclic amines) is 1. The molecule has 3 N–H and O–H groups in total. The van der Waals surface area contributed by atoms with Crippen molar-refractivity contribution in [3.05, 3.63) is 0 Å². The van der Waals surface area contributed by atoms with Crippen LogP contribution in [-0.4, -0.2) is 55.7 Å². The third-order valence-electron chi connectivity index (χ3n) is 5.19. The van der Waals surface area contributed by atoms with Gasteiger partial charge in [0, 0.05) is 25.8 Å². The molecule has 2 saturated heterocycles. The molecule has 0 saturated carbocycles. The van der Waals surface area contributed by atoms with Crippen LogP contribution in [0.3, 0.4) is 0 Å². The van der Waals surface area contributed by atoms with E-state index < -0.39 is 0 Å². The first-order valence-electron chi connectivity index (χ1n) is 9.03. The van der Waals surface area contributed by atoms with Crippen molar-refractivity contribution in [2.45, 2.75) is 64.0 Å². The molecule has 5 nitrogen and oxygen atoms in total. The quantitative estimate of drug-likeness (QED) is 0.699. The molecule has 2 atom stereocenters. The van der Waals surface area contributed by atoms with Crippen LogP contribution in [-0.2, 0) is 9.53 Å². The molecule has 2 heterocycles. The maximum absolute atomic E-state index is 12.1. The highest BCUT2D eigenvalue weighted by Gasteiger charge is 2.26. The molecule has 22 heavy (non-hydrogen) atoms. The molecule has 0 spiro atoms. The topological polar surface area (TPSA) is 67.6 Å². The minimum Gasteiger partial charge on any atom is -0.381 e. The number of hydrogen-bond acceptors (Lipinski definition) is 4. The summed E-state index contributed by atoms with van der Waals surface area (Å²) in [5.41, 5.74) is 6.07. The van der Waals surface area contributed by atoms with Crippen molar-refractivity contribution in [1.29, 1.82) is 0 Å². The number of carbonyl (C=O) groups excluding carboxylic acids is 1. The molecule has 0 aliphatic carbocycles. The molecule has 0 radical (unpaired) electrons. The van der Waals surface area contributed by atoms with E-state index in [9.17, 15) is 4.79 Å². The molecular weight excluding hydrogens is 278 g/mol. The highest BCUT2D eigenvalue weighted by atomic mass is 16.5. The fourth-order valence-electron chi connectivity index (χ4n) is 3.55. The van der Waals surface area contributed by atoms with Crippen LogP contribution < -0.4 is 11.1 Å². The number of ether oxygens (including phenoxy) is 1. The van der Waals surface area contributed by atoms with E-state index in [1.54, 1.807) is 0 Å². The van der Waals surface area contributed by atoms with Crippen molar-refractivity contribution in [3.63, 3.8) is 0 Å². The van der Waals surface area contributed by atoms with E-state index >= 15 is 0 Å². The van der Waals surface area contributed by atoms with Gasteiger partial charge in [0.05, 0.1) is 6.04 Å². The number of carbonyl (C=O) groups is 1. The van der Waals surface area contributed by atoms with E-state index in [1.807, 2.05) is 0 Å². The van der Waals surface area contributed by atoms with E-state index in [1.165, 1.54) is 25.8 Å². The highest BCUT2D eigenvalue weighted by molar-refractivity contribution is 5.81. The Labute approximate surface area is 134 Å². The Morgan fingerprint density at radius 2 is 2.05 bits per heavy atom. The lowest BCUT2D eigenvalue weighted by Crippen LogP contribution is -2.47. The Bertz CT molecular complexity index is 332. The summed E-state index contributed by atoms with van der Waals surface area (Å²) in [4.78, 5) is 14.7. The molecule has 0 bridgehead atoms. The fourth-order valence-corrected chi connectivity index (χ4v) is 3.55. The Balaban J connectivity index is 1.54. The Kier molecular flexibility index (Phi) is 7.63. The van der Waals surface area contributed by atoms with Crippen LogP contribution in [0.5, 0.6) is 0 Å². The summed E-state index contributed by atoms with van der Waals surface area (Å²) in [6.45, 7) is 6.94. The summed E-state index contributed by atoms with van der Waals surface area (Å²) in [5, 5.41) is 3.01. The average Bonchev–Trinajstić information content (AvgIpc) is 2.56. The van der Waals surface area contributed by atoms with Crippen molar-refractivity contribution in [2.24, 2.45) is 11.7 Å². The summed E-state index contributed by atoms with van der Waals surface area (Å²) in [7, 11) is 0. The van der Waals surface area contributed by atoms with Crippen molar-refractivity contribution < 1.29 is 9.53 Å². The van der Waals surface area contributed by atoms with Crippen molar-refractivity contribution in [2.75, 3.05) is 32.8 Å². The number of unbranched alkanes of at least 4 members (excludes halogenated alkanes) is 1. The van der Waals surface area contributed by atoms with Crippen LogP contribution in [0.4, 0.5) is 0 Å². The molecule has 0 aromatic heterocycles. The molecule has 2 fully saturated rings. The summed E-state index contributed by atoms with van der Waals surface area (Å²) in [5.74, 6) is 0.293. The van der Waals surface area contributed by atoms with Crippen molar-refractivity contribution in [1.82, 2.24) is 10.2 Å². The molecule has 0 aromatic rings. The number of nitrogens with zero attached hydrogens (tertiary/aromatic N) is 1. The second-order valence-corrected chi connectivity index (χ2v) is 6.85. The molecular formula is C17H33N3O2. The minimum atomic E-state index is -0.369. The monoisotopic (exact) mass is 311 g/mol. The van der Waals surface area contributed by atoms with Gasteiger partial charge in [-0.15, -0.1) is 0 Å². The van der Waals surface area contributed by atoms with Gasteiger partial charge in [-0.1, -0.05) is 6.42 Å². The average molecular weight is 311 g/mol. The van der Waals surface area contributed by atoms with Gasteiger partial charge in [0.1, 0.15) is 0 Å². The van der Waals surface area contributed by atoms with Crippen LogP contribution in [0.1, 0.15) is 51.9 Å². The lowest BCUT2D eigenvalue weighted by Gasteiger charge is -2.33. The summed E-state index contributed by atoms with van der Waals surface area (Å²) >= 11 is 0. The second kappa shape index (κ2) is 9.48. The number of hydrogen-bond donors (Lipinski definition) is 2. The summed E-state index contributed by atoms with van der Waals surface area (Å²) in [6.07, 6.45) is 8.03. The van der Waals surface area contributed by atoms with Gasteiger partial charge in [-0.25, -0.2) is 0 Å². The predicted molar refractivity (Wildman–Crippen MR) is 88.6 cm³/mol. The highest BCUT2D eigenvalue weighted by Crippen LogP contribution is 2.18. The van der Waals surface area contributed by atoms with Crippen molar-refractivity contribution in [3.8, 4) is 0 Å². The molecule has 1 amide bonds. The largest absolute Gasteiger partial charge is 0.381 e. The number of rotatable bonds is 7. The zero-order valence-corrected chi connectivity index (χ0v) is 14.1. The predicted octanol–water partition coefficient (Wildman–Crippen LogP) is 1.51. The fraction of sp³-hybridized carbons (Fsp3) is 0.941. The lowest BCUT2D eigenvalue weighted by atomic mass is 9.92. The molecule has 0 aromatic carbocycles. The summed E-state index contributed by atoms with van der Waals surface area (Å²) in [6, 6.07) is 0.358. The summed E-state index contributed by atoms with van der Waals surface area (Å²) < 4.78 is 5.32. The zero-order valence-electron chi connectivity index (χ0n) is 14.1. The van der Waals surface area contributed by atoms with Gasteiger partial charge in [-0.2, -0.15) is 0 Å². The van der Waals surface area contributed by atoms with Crippen LogP contribution in [0.2, 0.25) is 0 Å². The van der Waals surface area contributed by atoms with Gasteiger partial charge < -0.3 is 20.7 Å². The van der Waals surface area contributed by atoms with Gasteiger partial charge in [0.25, 0.3) is 0 Å². The maximum atomic E-state index is 12.1. The molecule has 2 aliphatic rings. The van der Waals surface area contributed by atoms with Crippen LogP contribution >= 0.6 is 0 Å². The first kappa shape index (κ1) is 17.7. The Hall–Kier alpha value is -0.650. The Morgan fingerprint density at radius 1 is 1.27 bits per heavy atom. The second-order valence-electron chi connectivity index (χ2n) is 6.85. The number of piperidine rings is 1. The molecule has 2 rings (SSSR count). The van der Waals surface area contributed by atoms with Gasteiger partial charge in [-0.05, 0) is 64.5 Å². The molecule has 2 unspecified atom stereocenters. The number of nitrogens with two attached hydrogens (primary N) is 1. The van der Waals surface area contributed by atoms with Gasteiger partial charge >= 0.3 is 0 Å². The van der Waals surface area contributed by atoms with Crippen LogP contribution in [0.15, 0.2) is 0 Å². The van der Waals surface area contributed by atoms with Crippen LogP contribution in [0.25, 0.3) is 0 Å². The van der Waals surface area contributed by atoms with Crippen molar-refractivity contribution >= 4 is 5.91 Å². The number of amides is 1. The Morgan fingerprint density at radius 3 is 2.77 bits per heavy atom. The third kappa shape index (κ3) is 5.52. The lowest BCUT2D eigenvalue weighted by molar-refractivity contribution is -0.124. The maximum Gasteiger partial charge on any atom is 0.237 e. The van der Waals surface area contributed by atoms with E-state index in [0.29, 0.717) is 0 Å². The van der Waals surface area contributed by atoms with E-state index in [2.05, 4.69) is 17.1 Å². The van der Waals surface area contributed by atoms with E-state index in [0.717, 1.165) is 58.0 Å². The zero-order chi connectivity index (χ0) is 15.8. The van der Waals surface area contributed by atoms with E-state index in [4.69, 9.17) is 10.5 Å². The molecule has 128 valence electrons. The first-order valence-corrected chi connectivity index (χ1v) is 9.03. The SMILES string of the molecule is CC1CCCCN1CCCCNC(=O)C(N)C1CCOCC1. The van der Waals surface area contributed by atoms with Crippen LogP contribution in [0, 0.1) is 5.92 Å². The molecule has 5 heteroatoms. The first-order chi connectivity index (χ1) is 10.7. The van der Waals surface area contributed by atoms with Gasteiger partial charge in [-0.3, -0.25) is 4.79 Å². The molecule has 2 aliphatic heterocycles. The smallest absolute Gasteiger partial charge is 0.237 e. The normalized spacial score (nSPS) is 25.8. The van der Waals surface area contributed by atoms with E-state index in [-0.39, 0.29) is 17.9 Å². The minimum absolute atomic E-state index is 0.0123. The van der Waals surface area contributed by atoms with Gasteiger partial charge in [0.2, 0.25) is 5.91 Å². The third-order valence-corrected chi connectivity index (χ3v) is 5.19. The van der Waals surface area contributed by atoms with Gasteiger partial charge in [0.15, 0.2) is 0 Å². The standard InChI is InChI=1S/C17H33N3O2/c1-14-6-2-4-10-20(14)11-5-3-9-19-17(21)16(18)15-7-12-22-13-8-15/h14-16H,2-13,18H2,1H3,(H,19,21). The number of nitrogens with one attached hydrogen (secondary N) is 1.